The first-order chi connectivity index (χ1) is 8.58. The van der Waals surface area contributed by atoms with Gasteiger partial charge in [0.1, 0.15) is 5.82 Å². The first-order valence-corrected chi connectivity index (χ1v) is 6.08. The summed E-state index contributed by atoms with van der Waals surface area (Å²) in [5.41, 5.74) is 3.01. The molecule has 0 saturated carbocycles. The van der Waals surface area contributed by atoms with Gasteiger partial charge in [-0.2, -0.15) is 5.10 Å². The molecule has 2 rings (SSSR count). The van der Waals surface area contributed by atoms with Gasteiger partial charge in [0.05, 0.1) is 6.20 Å². The van der Waals surface area contributed by atoms with Crippen molar-refractivity contribution < 1.29 is 4.39 Å². The van der Waals surface area contributed by atoms with Crippen molar-refractivity contribution in [3.63, 3.8) is 0 Å². The molecule has 1 N–H and O–H groups in total. The average molecular weight is 268 g/mol. The minimum absolute atomic E-state index is 0.270. The normalized spacial score (nSPS) is 10.9. The molecule has 1 heterocycles. The molecular weight excluding hydrogens is 253 g/mol. The quantitative estimate of drug-likeness (QED) is 0.923. The Morgan fingerprint density at radius 3 is 2.72 bits per heavy atom. The lowest BCUT2D eigenvalue weighted by molar-refractivity contribution is 0.620. The van der Waals surface area contributed by atoms with Crippen molar-refractivity contribution in [1.82, 2.24) is 15.1 Å². The molecule has 0 unspecified atom stereocenters. The van der Waals surface area contributed by atoms with Gasteiger partial charge in [-0.3, -0.25) is 4.68 Å². The molecule has 2 aromatic rings. The lowest BCUT2D eigenvalue weighted by atomic mass is 10.2. The van der Waals surface area contributed by atoms with Crippen LogP contribution in [0.15, 0.2) is 24.4 Å². The summed E-state index contributed by atoms with van der Waals surface area (Å²) >= 11 is 5.99. The number of nitrogens with one attached hydrogen (secondary N) is 1. The van der Waals surface area contributed by atoms with Crippen LogP contribution < -0.4 is 5.32 Å². The standard InChI is InChI=1S/C13H15ClFN3/c1-9-11(8-17-18(9)2)7-16-6-10-5-12(15)3-4-13(10)14/h3-5,8,16H,6-7H2,1-2H3. The van der Waals surface area contributed by atoms with E-state index in [1.54, 1.807) is 6.07 Å². The van der Waals surface area contributed by atoms with E-state index >= 15 is 0 Å². The van der Waals surface area contributed by atoms with E-state index in [1.165, 1.54) is 12.1 Å². The summed E-state index contributed by atoms with van der Waals surface area (Å²) in [7, 11) is 1.91. The van der Waals surface area contributed by atoms with Gasteiger partial charge in [-0.1, -0.05) is 11.6 Å². The average Bonchev–Trinajstić information content (AvgIpc) is 2.65. The van der Waals surface area contributed by atoms with Crippen LogP contribution in [-0.2, 0) is 20.1 Å². The topological polar surface area (TPSA) is 29.9 Å². The Bertz CT molecular complexity index is 551. The second kappa shape index (κ2) is 5.50. The van der Waals surface area contributed by atoms with Crippen molar-refractivity contribution in [2.75, 3.05) is 0 Å². The zero-order chi connectivity index (χ0) is 13.1. The SMILES string of the molecule is Cc1c(CNCc2cc(F)ccc2Cl)cnn1C. The van der Waals surface area contributed by atoms with Crippen LogP contribution in [0.2, 0.25) is 5.02 Å². The molecular formula is C13H15ClFN3. The third-order valence-electron chi connectivity index (χ3n) is 2.98. The summed E-state index contributed by atoms with van der Waals surface area (Å²) in [6.07, 6.45) is 1.83. The van der Waals surface area contributed by atoms with Crippen LogP contribution in [0.4, 0.5) is 4.39 Å². The Hall–Kier alpha value is -1.39. The summed E-state index contributed by atoms with van der Waals surface area (Å²) < 4.78 is 14.9. The molecule has 0 amide bonds. The van der Waals surface area contributed by atoms with Gasteiger partial charge in [0.25, 0.3) is 0 Å². The van der Waals surface area contributed by atoms with Gasteiger partial charge in [-0.25, -0.2) is 4.39 Å². The highest BCUT2D eigenvalue weighted by molar-refractivity contribution is 6.31. The first kappa shape index (κ1) is 13.1. The van der Waals surface area contributed by atoms with E-state index in [0.717, 1.165) is 16.8 Å². The molecule has 0 aliphatic carbocycles. The fourth-order valence-corrected chi connectivity index (χ4v) is 1.91. The van der Waals surface area contributed by atoms with E-state index in [-0.39, 0.29) is 5.82 Å². The maximum Gasteiger partial charge on any atom is 0.123 e. The van der Waals surface area contributed by atoms with Crippen molar-refractivity contribution in [3.05, 3.63) is 52.1 Å². The van der Waals surface area contributed by atoms with Crippen molar-refractivity contribution in [3.8, 4) is 0 Å². The molecule has 0 fully saturated rings. The molecule has 96 valence electrons. The molecule has 0 saturated heterocycles. The second-order valence-corrected chi connectivity index (χ2v) is 4.63. The molecule has 1 aromatic heterocycles. The molecule has 3 nitrogen and oxygen atoms in total. The molecule has 0 radical (unpaired) electrons. The molecule has 1 aromatic carbocycles. The molecule has 0 aliphatic rings. The van der Waals surface area contributed by atoms with E-state index in [1.807, 2.05) is 24.9 Å². The minimum atomic E-state index is -0.270. The zero-order valence-electron chi connectivity index (χ0n) is 10.4. The van der Waals surface area contributed by atoms with Crippen LogP contribution in [0, 0.1) is 12.7 Å². The Balaban J connectivity index is 1.96. The van der Waals surface area contributed by atoms with E-state index in [0.29, 0.717) is 18.1 Å². The van der Waals surface area contributed by atoms with Gasteiger partial charge < -0.3 is 5.32 Å². The summed E-state index contributed by atoms with van der Waals surface area (Å²) in [5.74, 6) is -0.270. The van der Waals surface area contributed by atoms with E-state index in [9.17, 15) is 4.39 Å². The zero-order valence-corrected chi connectivity index (χ0v) is 11.1. The van der Waals surface area contributed by atoms with Gasteiger partial charge in [0.15, 0.2) is 0 Å². The highest BCUT2D eigenvalue weighted by Crippen LogP contribution is 2.17. The van der Waals surface area contributed by atoms with Crippen LogP contribution in [0.5, 0.6) is 0 Å². The van der Waals surface area contributed by atoms with Crippen LogP contribution in [0.1, 0.15) is 16.8 Å². The van der Waals surface area contributed by atoms with Crippen LogP contribution >= 0.6 is 11.6 Å². The van der Waals surface area contributed by atoms with Gasteiger partial charge in [-0.05, 0) is 30.7 Å². The Morgan fingerprint density at radius 2 is 2.06 bits per heavy atom. The molecule has 5 heteroatoms. The van der Waals surface area contributed by atoms with Crippen LogP contribution in [-0.4, -0.2) is 9.78 Å². The van der Waals surface area contributed by atoms with Crippen LogP contribution in [0.3, 0.4) is 0 Å². The van der Waals surface area contributed by atoms with Crippen LogP contribution in [0.25, 0.3) is 0 Å². The van der Waals surface area contributed by atoms with Crippen molar-refractivity contribution >= 4 is 11.6 Å². The predicted octanol–water partition coefficient (Wildman–Crippen LogP) is 2.81. The number of aryl methyl sites for hydroxylation is 1. The lowest BCUT2D eigenvalue weighted by Crippen LogP contribution is -2.13. The second-order valence-electron chi connectivity index (χ2n) is 4.22. The number of nitrogens with zero attached hydrogens (tertiary/aromatic N) is 2. The largest absolute Gasteiger partial charge is 0.308 e. The number of benzene rings is 1. The summed E-state index contributed by atoms with van der Waals surface area (Å²) in [6.45, 7) is 3.23. The van der Waals surface area contributed by atoms with Crippen molar-refractivity contribution in [2.45, 2.75) is 20.0 Å². The van der Waals surface area contributed by atoms with E-state index < -0.39 is 0 Å². The molecule has 18 heavy (non-hydrogen) atoms. The molecule has 0 bridgehead atoms. The first-order valence-electron chi connectivity index (χ1n) is 5.70. The van der Waals surface area contributed by atoms with Crippen molar-refractivity contribution in [1.29, 1.82) is 0 Å². The number of halogens is 2. The number of hydrogen-bond acceptors (Lipinski definition) is 2. The third kappa shape index (κ3) is 2.89. The van der Waals surface area contributed by atoms with Gasteiger partial charge in [0, 0.05) is 36.4 Å². The molecule has 0 aliphatic heterocycles. The monoisotopic (exact) mass is 267 g/mol. The van der Waals surface area contributed by atoms with Gasteiger partial charge >= 0.3 is 0 Å². The van der Waals surface area contributed by atoms with Crippen molar-refractivity contribution in [2.24, 2.45) is 7.05 Å². The highest BCUT2D eigenvalue weighted by atomic mass is 35.5. The summed E-state index contributed by atoms with van der Waals surface area (Å²) in [6, 6.07) is 4.38. The summed E-state index contributed by atoms with van der Waals surface area (Å²) in [5, 5.41) is 7.98. The molecule has 0 atom stereocenters. The fourth-order valence-electron chi connectivity index (χ4n) is 1.73. The Kier molecular flexibility index (Phi) is 3.99. The maximum absolute atomic E-state index is 13.1. The Morgan fingerprint density at radius 1 is 1.33 bits per heavy atom. The fraction of sp³-hybridized carbons (Fsp3) is 0.308. The number of aromatic nitrogens is 2. The van der Waals surface area contributed by atoms with Gasteiger partial charge in [-0.15, -0.1) is 0 Å². The predicted molar refractivity (Wildman–Crippen MR) is 69.9 cm³/mol. The van der Waals surface area contributed by atoms with E-state index in [4.69, 9.17) is 11.6 Å². The smallest absolute Gasteiger partial charge is 0.123 e. The van der Waals surface area contributed by atoms with Gasteiger partial charge in [0.2, 0.25) is 0 Å². The number of rotatable bonds is 4. The van der Waals surface area contributed by atoms with E-state index in [2.05, 4.69) is 10.4 Å². The summed E-state index contributed by atoms with van der Waals surface area (Å²) in [4.78, 5) is 0. The maximum atomic E-state index is 13.1. The molecule has 0 spiro atoms. The highest BCUT2D eigenvalue weighted by Gasteiger charge is 2.05. The number of hydrogen-bond donors (Lipinski definition) is 1. The minimum Gasteiger partial charge on any atom is -0.308 e. The third-order valence-corrected chi connectivity index (χ3v) is 3.34. The lowest BCUT2D eigenvalue weighted by Gasteiger charge is -2.06. The Labute approximate surface area is 111 Å².